The van der Waals surface area contributed by atoms with Crippen molar-refractivity contribution in [3.63, 3.8) is 0 Å². The number of carbonyl (C=O) groups excluding carboxylic acids is 2. The van der Waals surface area contributed by atoms with Crippen LogP contribution in [0.3, 0.4) is 0 Å². The van der Waals surface area contributed by atoms with Gasteiger partial charge in [-0.2, -0.15) is 0 Å². The van der Waals surface area contributed by atoms with Crippen molar-refractivity contribution in [1.82, 2.24) is 5.32 Å². The Morgan fingerprint density at radius 3 is 1.17 bits per heavy atom. The Kier molecular flexibility index (Phi) is 53.1. The molecule has 0 aromatic heterocycles. The Bertz CT molecular complexity index is 1160. The number of esters is 1. The van der Waals surface area contributed by atoms with Crippen molar-refractivity contribution in [3.8, 4) is 0 Å². The first kappa shape index (κ1) is 63.6. The minimum Gasteiger partial charge on any atom is -0.466 e. The molecule has 66 heavy (non-hydrogen) atoms. The van der Waals surface area contributed by atoms with E-state index in [0.717, 1.165) is 96.3 Å². The summed E-state index contributed by atoms with van der Waals surface area (Å²) in [6.07, 6.45) is 70.9. The highest BCUT2D eigenvalue weighted by Gasteiger charge is 2.18. The van der Waals surface area contributed by atoms with E-state index in [2.05, 4.69) is 67.8 Å². The van der Waals surface area contributed by atoms with Gasteiger partial charge in [-0.15, -0.1) is 0 Å². The molecule has 2 atom stereocenters. The van der Waals surface area contributed by atoms with Crippen molar-refractivity contribution in [1.29, 1.82) is 0 Å². The van der Waals surface area contributed by atoms with Crippen molar-refractivity contribution in [2.45, 2.75) is 296 Å². The Labute approximate surface area is 409 Å². The highest BCUT2D eigenvalue weighted by Crippen LogP contribution is 2.15. The molecule has 6 nitrogen and oxygen atoms in total. The first-order valence-corrected chi connectivity index (χ1v) is 28.6. The van der Waals surface area contributed by atoms with E-state index in [1.54, 1.807) is 6.08 Å². The summed E-state index contributed by atoms with van der Waals surface area (Å²) >= 11 is 0. The van der Waals surface area contributed by atoms with Crippen LogP contribution in [-0.2, 0) is 14.3 Å². The number of carbonyl (C=O) groups is 2. The number of allylic oxidation sites excluding steroid dienone is 9. The molecule has 0 fully saturated rings. The predicted octanol–water partition coefficient (Wildman–Crippen LogP) is 17.6. The topological polar surface area (TPSA) is 95.9 Å². The Morgan fingerprint density at radius 2 is 0.758 bits per heavy atom. The molecule has 6 heteroatoms. The van der Waals surface area contributed by atoms with E-state index >= 15 is 0 Å². The largest absolute Gasteiger partial charge is 0.466 e. The van der Waals surface area contributed by atoms with Gasteiger partial charge < -0.3 is 20.3 Å². The molecule has 0 bridgehead atoms. The van der Waals surface area contributed by atoms with E-state index < -0.39 is 12.1 Å². The van der Waals surface area contributed by atoms with Gasteiger partial charge in [-0.1, -0.05) is 229 Å². The van der Waals surface area contributed by atoms with Crippen molar-refractivity contribution in [2.75, 3.05) is 13.2 Å². The van der Waals surface area contributed by atoms with Crippen LogP contribution in [0, 0.1) is 0 Å². The number of amides is 1. The summed E-state index contributed by atoms with van der Waals surface area (Å²) in [6, 6.07) is -0.642. The average molecular weight is 925 g/mol. The fourth-order valence-electron chi connectivity index (χ4n) is 8.34. The first-order valence-electron chi connectivity index (χ1n) is 28.6. The van der Waals surface area contributed by atoms with Gasteiger partial charge in [0.2, 0.25) is 5.91 Å². The maximum absolute atomic E-state index is 12.5. The normalized spacial score (nSPS) is 13.1. The fourth-order valence-corrected chi connectivity index (χ4v) is 8.34. The molecule has 0 aliphatic heterocycles. The number of rotatable bonds is 52. The Morgan fingerprint density at radius 1 is 0.424 bits per heavy atom. The van der Waals surface area contributed by atoms with Gasteiger partial charge in [0.05, 0.1) is 25.4 Å². The number of hydrogen-bond acceptors (Lipinski definition) is 5. The van der Waals surface area contributed by atoms with Gasteiger partial charge >= 0.3 is 5.97 Å². The lowest BCUT2D eigenvalue weighted by Gasteiger charge is -2.20. The molecule has 2 unspecified atom stereocenters. The van der Waals surface area contributed by atoms with Crippen LogP contribution in [0.2, 0.25) is 0 Å². The molecule has 0 spiro atoms. The van der Waals surface area contributed by atoms with Gasteiger partial charge in [-0.05, 0) is 103 Å². The van der Waals surface area contributed by atoms with Crippen LogP contribution in [-0.4, -0.2) is 47.4 Å². The van der Waals surface area contributed by atoms with E-state index in [4.69, 9.17) is 4.74 Å². The van der Waals surface area contributed by atoms with E-state index in [1.165, 1.54) is 161 Å². The molecular weight excluding hydrogens is 815 g/mol. The lowest BCUT2D eigenvalue weighted by Crippen LogP contribution is -2.45. The second-order valence-electron chi connectivity index (χ2n) is 19.3. The lowest BCUT2D eigenvalue weighted by atomic mass is 10.0. The summed E-state index contributed by atoms with van der Waals surface area (Å²) in [6.45, 7) is 4.83. The summed E-state index contributed by atoms with van der Waals surface area (Å²) in [5, 5.41) is 23.1. The molecule has 0 aliphatic rings. The van der Waals surface area contributed by atoms with Crippen LogP contribution in [0.4, 0.5) is 0 Å². The SMILES string of the molecule is CCCCCC/C=C\C/C=C\CCCCCCCC(=O)OCCCCC/C=C\C/C=C\CCCCCCCCCC(=O)NC(CO)C(O)/C=C/CCCCCCCCCCCCCCCC. The van der Waals surface area contributed by atoms with Crippen LogP contribution < -0.4 is 5.32 Å². The Hall–Kier alpha value is -2.44. The molecule has 0 rings (SSSR count). The highest BCUT2D eigenvalue weighted by molar-refractivity contribution is 5.76. The zero-order chi connectivity index (χ0) is 47.9. The summed E-state index contributed by atoms with van der Waals surface area (Å²) in [4.78, 5) is 24.5. The molecule has 0 aromatic carbocycles. The number of nitrogens with one attached hydrogen (secondary N) is 1. The molecular formula is C60H109NO5. The first-order chi connectivity index (χ1) is 32.5. The third kappa shape index (κ3) is 51.0. The number of hydrogen-bond donors (Lipinski definition) is 3. The fraction of sp³-hybridized carbons (Fsp3) is 0.800. The van der Waals surface area contributed by atoms with E-state index in [9.17, 15) is 19.8 Å². The second-order valence-corrected chi connectivity index (χ2v) is 19.3. The van der Waals surface area contributed by atoms with Gasteiger partial charge in [-0.25, -0.2) is 0 Å². The van der Waals surface area contributed by atoms with Crippen LogP contribution in [0.25, 0.3) is 0 Å². The van der Waals surface area contributed by atoms with Crippen molar-refractivity contribution < 1.29 is 24.5 Å². The molecule has 0 saturated heterocycles. The molecule has 0 heterocycles. The van der Waals surface area contributed by atoms with Gasteiger partial charge in [0.25, 0.3) is 0 Å². The smallest absolute Gasteiger partial charge is 0.305 e. The highest BCUT2D eigenvalue weighted by atomic mass is 16.5. The number of aliphatic hydroxyl groups is 2. The minimum absolute atomic E-state index is 0.0307. The number of aliphatic hydroxyl groups excluding tert-OH is 2. The monoisotopic (exact) mass is 924 g/mol. The maximum Gasteiger partial charge on any atom is 0.305 e. The van der Waals surface area contributed by atoms with Crippen LogP contribution in [0.1, 0.15) is 284 Å². The Balaban J connectivity index is 3.55. The van der Waals surface area contributed by atoms with Gasteiger partial charge in [0.15, 0.2) is 0 Å². The van der Waals surface area contributed by atoms with Crippen molar-refractivity contribution >= 4 is 11.9 Å². The summed E-state index contributed by atoms with van der Waals surface area (Å²) in [7, 11) is 0. The molecule has 0 saturated carbocycles. The van der Waals surface area contributed by atoms with Gasteiger partial charge in [0, 0.05) is 12.8 Å². The predicted molar refractivity (Wildman–Crippen MR) is 287 cm³/mol. The number of ether oxygens (including phenoxy) is 1. The summed E-state index contributed by atoms with van der Waals surface area (Å²) < 4.78 is 5.45. The maximum atomic E-state index is 12.5. The molecule has 0 radical (unpaired) electrons. The lowest BCUT2D eigenvalue weighted by molar-refractivity contribution is -0.143. The van der Waals surface area contributed by atoms with Crippen molar-refractivity contribution in [3.05, 3.63) is 60.8 Å². The third-order valence-corrected chi connectivity index (χ3v) is 12.8. The molecule has 0 aliphatic carbocycles. The standard InChI is InChI=1S/C60H109NO5/c1-3-5-7-9-11-13-15-17-19-24-28-32-36-40-44-48-52-58(63)57(56-62)61-59(64)53-49-45-41-37-33-29-25-22-21-23-27-31-35-39-43-47-51-55-66-60(65)54-50-46-42-38-34-30-26-20-18-16-14-12-10-8-6-4-2/h14,16,20-21,23,26,31,35,48,52,57-58,62-63H,3-13,15,17-19,22,24-25,27-30,32-34,36-47,49-51,53-56H2,1-2H3,(H,61,64)/b16-14-,23-21-,26-20-,35-31-,52-48+. The zero-order valence-corrected chi connectivity index (χ0v) is 43.7. The van der Waals surface area contributed by atoms with Gasteiger partial charge in [-0.3, -0.25) is 9.59 Å². The van der Waals surface area contributed by atoms with Crippen LogP contribution in [0.15, 0.2) is 60.8 Å². The van der Waals surface area contributed by atoms with E-state index in [-0.39, 0.29) is 18.5 Å². The quantitative estimate of drug-likeness (QED) is 0.0321. The third-order valence-electron chi connectivity index (χ3n) is 12.8. The van der Waals surface area contributed by atoms with Gasteiger partial charge in [0.1, 0.15) is 0 Å². The molecule has 384 valence electrons. The molecule has 0 aromatic rings. The average Bonchev–Trinajstić information content (AvgIpc) is 3.32. The summed E-state index contributed by atoms with van der Waals surface area (Å²) in [5.74, 6) is -0.116. The van der Waals surface area contributed by atoms with Crippen molar-refractivity contribution in [2.24, 2.45) is 0 Å². The minimum atomic E-state index is -0.857. The summed E-state index contributed by atoms with van der Waals surface area (Å²) in [5.41, 5.74) is 0. The van der Waals surface area contributed by atoms with Crippen LogP contribution >= 0.6 is 0 Å². The zero-order valence-electron chi connectivity index (χ0n) is 43.7. The second kappa shape index (κ2) is 55.2. The van der Waals surface area contributed by atoms with E-state index in [0.29, 0.717) is 19.4 Å². The molecule has 3 N–H and O–H groups in total. The molecule has 1 amide bonds. The number of unbranched alkanes of at least 4 members (excludes halogenated alkanes) is 33. The van der Waals surface area contributed by atoms with E-state index in [1.807, 2.05) is 6.08 Å². The van der Waals surface area contributed by atoms with Crippen LogP contribution in [0.5, 0.6) is 0 Å².